The van der Waals surface area contributed by atoms with E-state index in [4.69, 9.17) is 9.47 Å². The van der Waals surface area contributed by atoms with Crippen LogP contribution in [0, 0.1) is 11.3 Å². The van der Waals surface area contributed by atoms with Gasteiger partial charge in [0, 0.05) is 31.7 Å². The molecule has 4 rings (SSSR count). The molecule has 1 spiro atoms. The number of hydrogen-bond donors (Lipinski definition) is 1. The van der Waals surface area contributed by atoms with Crippen LogP contribution in [0.2, 0.25) is 0 Å². The molecule has 0 aromatic heterocycles. The lowest BCUT2D eigenvalue weighted by Crippen LogP contribution is -2.49. The van der Waals surface area contributed by atoms with Crippen molar-refractivity contribution in [3.05, 3.63) is 35.4 Å². The van der Waals surface area contributed by atoms with E-state index in [1.165, 1.54) is 11.1 Å². The van der Waals surface area contributed by atoms with E-state index in [-0.39, 0.29) is 17.5 Å². The zero-order valence-electron chi connectivity index (χ0n) is 15.0. The van der Waals surface area contributed by atoms with Crippen LogP contribution in [0.5, 0.6) is 0 Å². The fourth-order valence-electron chi connectivity index (χ4n) is 4.51. The SMILES string of the molecule is C[C@@H]1Cc2ccccc2[C@H]1NC(=O)N1CCOCC2(CCOCC2)C1. The second-order valence-corrected chi connectivity index (χ2v) is 7.89. The van der Waals surface area contributed by atoms with E-state index in [2.05, 4.69) is 36.5 Å². The molecule has 0 saturated carbocycles. The van der Waals surface area contributed by atoms with Gasteiger partial charge in [0.25, 0.3) is 0 Å². The van der Waals surface area contributed by atoms with Gasteiger partial charge in [-0.05, 0) is 36.3 Å². The highest BCUT2D eigenvalue weighted by Gasteiger charge is 2.39. The number of rotatable bonds is 1. The van der Waals surface area contributed by atoms with Crippen molar-refractivity contribution in [1.29, 1.82) is 0 Å². The molecule has 1 aromatic rings. The van der Waals surface area contributed by atoms with E-state index in [9.17, 15) is 4.79 Å². The zero-order chi connectivity index (χ0) is 17.3. The van der Waals surface area contributed by atoms with Crippen molar-refractivity contribution in [2.75, 3.05) is 39.5 Å². The molecule has 1 aromatic carbocycles. The van der Waals surface area contributed by atoms with Crippen LogP contribution in [0.3, 0.4) is 0 Å². The van der Waals surface area contributed by atoms with Crippen molar-refractivity contribution < 1.29 is 14.3 Å². The lowest BCUT2D eigenvalue weighted by Gasteiger charge is -2.38. The van der Waals surface area contributed by atoms with Gasteiger partial charge in [-0.1, -0.05) is 31.2 Å². The van der Waals surface area contributed by atoms with Crippen molar-refractivity contribution in [1.82, 2.24) is 10.2 Å². The number of carbonyl (C=O) groups is 1. The number of amides is 2. The largest absolute Gasteiger partial charge is 0.381 e. The first-order valence-corrected chi connectivity index (χ1v) is 9.46. The van der Waals surface area contributed by atoms with Gasteiger partial charge < -0.3 is 19.7 Å². The fraction of sp³-hybridized carbons (Fsp3) is 0.650. The van der Waals surface area contributed by atoms with Crippen LogP contribution in [0.25, 0.3) is 0 Å². The molecule has 5 nitrogen and oxygen atoms in total. The standard InChI is InChI=1S/C20H28N2O3/c1-15-12-16-4-2-3-5-17(16)18(15)21-19(23)22-8-11-25-14-20(13-22)6-9-24-10-7-20/h2-5,15,18H,6-14H2,1H3,(H,21,23)/t15-,18+/m1/s1. The summed E-state index contributed by atoms with van der Waals surface area (Å²) in [5.41, 5.74) is 2.70. The number of nitrogens with one attached hydrogen (secondary N) is 1. The number of nitrogens with zero attached hydrogens (tertiary/aromatic N) is 1. The van der Waals surface area contributed by atoms with E-state index in [0.717, 1.165) is 45.6 Å². The summed E-state index contributed by atoms with van der Waals surface area (Å²) in [4.78, 5) is 15.0. The van der Waals surface area contributed by atoms with Crippen LogP contribution in [0.15, 0.2) is 24.3 Å². The summed E-state index contributed by atoms with van der Waals surface area (Å²) in [6, 6.07) is 8.62. The molecule has 1 aliphatic carbocycles. The molecule has 0 bridgehead atoms. The molecule has 5 heteroatoms. The number of urea groups is 1. The van der Waals surface area contributed by atoms with E-state index in [0.29, 0.717) is 19.1 Å². The predicted octanol–water partition coefficient (Wildman–Crippen LogP) is 2.76. The van der Waals surface area contributed by atoms with Crippen LogP contribution in [0.4, 0.5) is 4.79 Å². The van der Waals surface area contributed by atoms with Gasteiger partial charge in [-0.25, -0.2) is 4.79 Å². The Hall–Kier alpha value is -1.59. The summed E-state index contributed by atoms with van der Waals surface area (Å²) < 4.78 is 11.4. The van der Waals surface area contributed by atoms with Gasteiger partial charge in [0.2, 0.25) is 0 Å². The highest BCUT2D eigenvalue weighted by molar-refractivity contribution is 5.75. The van der Waals surface area contributed by atoms with Crippen LogP contribution in [-0.2, 0) is 15.9 Å². The Kier molecular flexibility index (Phi) is 4.69. The first-order chi connectivity index (χ1) is 12.2. The number of fused-ring (bicyclic) bond motifs is 1. The van der Waals surface area contributed by atoms with Crippen LogP contribution in [0.1, 0.15) is 36.9 Å². The molecule has 2 amide bonds. The number of carbonyl (C=O) groups excluding carboxylic acids is 1. The highest BCUT2D eigenvalue weighted by atomic mass is 16.5. The Morgan fingerprint density at radius 1 is 1.20 bits per heavy atom. The predicted molar refractivity (Wildman–Crippen MR) is 95.5 cm³/mol. The molecule has 136 valence electrons. The summed E-state index contributed by atoms with van der Waals surface area (Å²) in [5, 5.41) is 3.30. The summed E-state index contributed by atoms with van der Waals surface area (Å²) in [6.45, 7) is 6.55. The monoisotopic (exact) mass is 344 g/mol. The Labute approximate surface area is 149 Å². The molecule has 2 atom stereocenters. The fourth-order valence-corrected chi connectivity index (χ4v) is 4.51. The molecule has 0 unspecified atom stereocenters. The van der Waals surface area contributed by atoms with E-state index >= 15 is 0 Å². The van der Waals surface area contributed by atoms with Crippen molar-refractivity contribution >= 4 is 6.03 Å². The Bertz CT molecular complexity index is 627. The molecule has 2 heterocycles. The molecule has 25 heavy (non-hydrogen) atoms. The Morgan fingerprint density at radius 3 is 2.84 bits per heavy atom. The molecule has 0 radical (unpaired) electrons. The van der Waals surface area contributed by atoms with Gasteiger partial charge in [-0.2, -0.15) is 0 Å². The number of hydrogen-bond acceptors (Lipinski definition) is 3. The topological polar surface area (TPSA) is 50.8 Å². The maximum Gasteiger partial charge on any atom is 0.317 e. The number of ether oxygens (including phenoxy) is 2. The first kappa shape index (κ1) is 16.9. The second-order valence-electron chi connectivity index (χ2n) is 7.89. The minimum atomic E-state index is 0.0462. The summed E-state index contributed by atoms with van der Waals surface area (Å²) in [7, 11) is 0. The normalized spacial score (nSPS) is 28.4. The molecule has 3 aliphatic rings. The van der Waals surface area contributed by atoms with Crippen LogP contribution >= 0.6 is 0 Å². The lowest BCUT2D eigenvalue weighted by molar-refractivity contribution is -0.0295. The van der Waals surface area contributed by atoms with E-state index < -0.39 is 0 Å². The first-order valence-electron chi connectivity index (χ1n) is 9.46. The molecule has 2 fully saturated rings. The van der Waals surface area contributed by atoms with Gasteiger partial charge in [0.15, 0.2) is 0 Å². The molecule has 2 saturated heterocycles. The van der Waals surface area contributed by atoms with Crippen molar-refractivity contribution in [2.45, 2.75) is 32.2 Å². The second kappa shape index (κ2) is 6.96. The minimum Gasteiger partial charge on any atom is -0.381 e. The van der Waals surface area contributed by atoms with Gasteiger partial charge in [-0.3, -0.25) is 0 Å². The number of benzene rings is 1. The van der Waals surface area contributed by atoms with Gasteiger partial charge in [0.05, 0.1) is 19.3 Å². The molecule has 2 aliphatic heterocycles. The Morgan fingerprint density at radius 2 is 2.00 bits per heavy atom. The summed E-state index contributed by atoms with van der Waals surface area (Å²) >= 11 is 0. The molecule has 1 N–H and O–H groups in total. The van der Waals surface area contributed by atoms with Crippen LogP contribution in [-0.4, -0.2) is 50.4 Å². The van der Waals surface area contributed by atoms with Crippen LogP contribution < -0.4 is 5.32 Å². The maximum absolute atomic E-state index is 13.0. The average Bonchev–Trinajstić information content (AvgIpc) is 2.80. The third-order valence-corrected chi connectivity index (χ3v) is 6.06. The zero-order valence-corrected chi connectivity index (χ0v) is 15.0. The smallest absolute Gasteiger partial charge is 0.317 e. The van der Waals surface area contributed by atoms with Crippen molar-refractivity contribution in [2.24, 2.45) is 11.3 Å². The third kappa shape index (κ3) is 3.40. The van der Waals surface area contributed by atoms with Gasteiger partial charge in [-0.15, -0.1) is 0 Å². The average molecular weight is 344 g/mol. The van der Waals surface area contributed by atoms with Gasteiger partial charge >= 0.3 is 6.03 Å². The van der Waals surface area contributed by atoms with E-state index in [1.54, 1.807) is 0 Å². The Balaban J connectivity index is 1.47. The maximum atomic E-state index is 13.0. The van der Waals surface area contributed by atoms with E-state index in [1.807, 2.05) is 4.90 Å². The quantitative estimate of drug-likeness (QED) is 0.852. The minimum absolute atomic E-state index is 0.0462. The highest BCUT2D eigenvalue weighted by Crippen LogP contribution is 2.37. The molecular weight excluding hydrogens is 316 g/mol. The third-order valence-electron chi connectivity index (χ3n) is 6.06. The van der Waals surface area contributed by atoms with Crippen molar-refractivity contribution in [3.8, 4) is 0 Å². The molecular formula is C20H28N2O3. The summed E-state index contributed by atoms with van der Waals surface area (Å²) in [5.74, 6) is 0.432. The van der Waals surface area contributed by atoms with Crippen molar-refractivity contribution in [3.63, 3.8) is 0 Å². The van der Waals surface area contributed by atoms with Gasteiger partial charge in [0.1, 0.15) is 0 Å². The summed E-state index contributed by atoms with van der Waals surface area (Å²) in [6.07, 6.45) is 2.98. The lowest BCUT2D eigenvalue weighted by atomic mass is 9.80.